The lowest BCUT2D eigenvalue weighted by Gasteiger charge is -2.42. The van der Waals surface area contributed by atoms with Crippen molar-refractivity contribution in [3.8, 4) is 5.75 Å². The van der Waals surface area contributed by atoms with Crippen LogP contribution in [-0.2, 0) is 10.3 Å². The van der Waals surface area contributed by atoms with Gasteiger partial charge in [-0.25, -0.2) is 0 Å². The molecule has 19 heavy (non-hydrogen) atoms. The van der Waals surface area contributed by atoms with E-state index in [4.69, 9.17) is 9.47 Å². The summed E-state index contributed by atoms with van der Waals surface area (Å²) < 4.78 is 10.9. The summed E-state index contributed by atoms with van der Waals surface area (Å²) in [5, 5.41) is 0. The Labute approximate surface area is 116 Å². The quantitative estimate of drug-likeness (QED) is 0.837. The van der Waals surface area contributed by atoms with E-state index in [1.54, 1.807) is 7.11 Å². The minimum Gasteiger partial charge on any atom is -0.496 e. The minimum absolute atomic E-state index is 0.00877. The molecule has 0 aromatic heterocycles. The van der Waals surface area contributed by atoms with Crippen LogP contribution in [0.25, 0.3) is 0 Å². The van der Waals surface area contributed by atoms with Crippen molar-refractivity contribution in [2.24, 2.45) is 0 Å². The second-order valence-corrected chi connectivity index (χ2v) is 5.80. The van der Waals surface area contributed by atoms with Crippen molar-refractivity contribution < 1.29 is 9.47 Å². The van der Waals surface area contributed by atoms with Crippen molar-refractivity contribution in [3.05, 3.63) is 28.8 Å². The molecule has 0 unspecified atom stereocenters. The number of hydrogen-bond donors (Lipinski definition) is 0. The smallest absolute Gasteiger partial charge is 0.122 e. The normalized spacial score (nSPS) is 17.5. The maximum Gasteiger partial charge on any atom is 0.122 e. The molecule has 0 saturated carbocycles. The summed E-state index contributed by atoms with van der Waals surface area (Å²) in [5.41, 5.74) is 3.88. The van der Waals surface area contributed by atoms with Gasteiger partial charge in [-0.3, -0.25) is 4.90 Å². The van der Waals surface area contributed by atoms with Gasteiger partial charge in [-0.15, -0.1) is 0 Å². The molecule has 0 radical (unpaired) electrons. The van der Waals surface area contributed by atoms with Crippen LogP contribution in [0.3, 0.4) is 0 Å². The van der Waals surface area contributed by atoms with E-state index in [-0.39, 0.29) is 5.54 Å². The number of rotatable bonds is 3. The Morgan fingerprint density at radius 2 is 1.74 bits per heavy atom. The van der Waals surface area contributed by atoms with Gasteiger partial charge in [-0.1, -0.05) is 6.07 Å². The topological polar surface area (TPSA) is 21.7 Å². The molecular formula is C16H25NO2. The van der Waals surface area contributed by atoms with Crippen LogP contribution in [0.1, 0.15) is 30.5 Å². The zero-order valence-corrected chi connectivity index (χ0v) is 12.7. The highest BCUT2D eigenvalue weighted by Crippen LogP contribution is 2.34. The van der Waals surface area contributed by atoms with E-state index in [0.717, 1.165) is 32.1 Å². The van der Waals surface area contributed by atoms with Gasteiger partial charge in [-0.05, 0) is 50.5 Å². The summed E-state index contributed by atoms with van der Waals surface area (Å²) in [5.74, 6) is 0.974. The molecule has 0 N–H and O–H groups in total. The Kier molecular flexibility index (Phi) is 4.16. The van der Waals surface area contributed by atoms with Crippen molar-refractivity contribution in [2.75, 3.05) is 33.4 Å². The predicted molar refractivity (Wildman–Crippen MR) is 77.9 cm³/mol. The van der Waals surface area contributed by atoms with Gasteiger partial charge in [0.2, 0.25) is 0 Å². The second-order valence-electron chi connectivity index (χ2n) is 5.80. The number of methoxy groups -OCH3 is 1. The summed E-state index contributed by atoms with van der Waals surface area (Å²) in [7, 11) is 1.74. The Morgan fingerprint density at radius 3 is 2.32 bits per heavy atom. The number of benzene rings is 1. The highest BCUT2D eigenvalue weighted by Gasteiger charge is 2.31. The lowest BCUT2D eigenvalue weighted by molar-refractivity contribution is -0.0120. The van der Waals surface area contributed by atoms with Crippen LogP contribution in [0.5, 0.6) is 5.75 Å². The van der Waals surface area contributed by atoms with Crippen LogP contribution in [0.4, 0.5) is 0 Å². The maximum atomic E-state index is 5.48. The average Bonchev–Trinajstić information content (AvgIpc) is 2.39. The molecule has 1 aromatic rings. The van der Waals surface area contributed by atoms with E-state index in [9.17, 15) is 0 Å². The van der Waals surface area contributed by atoms with Crippen LogP contribution in [-0.4, -0.2) is 38.3 Å². The molecule has 0 atom stereocenters. The first-order valence-corrected chi connectivity index (χ1v) is 6.95. The molecule has 1 aliphatic rings. The third kappa shape index (κ3) is 2.77. The van der Waals surface area contributed by atoms with E-state index in [1.165, 1.54) is 16.7 Å². The molecule has 1 fully saturated rings. The average molecular weight is 263 g/mol. The Hall–Kier alpha value is -1.06. The van der Waals surface area contributed by atoms with E-state index in [1.807, 2.05) is 0 Å². The largest absolute Gasteiger partial charge is 0.496 e. The van der Waals surface area contributed by atoms with Crippen LogP contribution >= 0.6 is 0 Å². The molecule has 1 aliphatic heterocycles. The molecule has 3 heteroatoms. The Morgan fingerprint density at radius 1 is 1.11 bits per heavy atom. The molecule has 0 bridgehead atoms. The lowest BCUT2D eigenvalue weighted by Crippen LogP contribution is -2.48. The summed E-state index contributed by atoms with van der Waals surface area (Å²) in [6.45, 7) is 12.5. The van der Waals surface area contributed by atoms with Gasteiger partial charge in [0, 0.05) is 18.6 Å². The van der Waals surface area contributed by atoms with E-state index in [2.05, 4.69) is 44.7 Å². The third-order valence-electron chi connectivity index (χ3n) is 4.20. The van der Waals surface area contributed by atoms with E-state index < -0.39 is 0 Å². The fourth-order valence-corrected chi connectivity index (χ4v) is 3.00. The number of nitrogens with zero attached hydrogens (tertiary/aromatic N) is 1. The minimum atomic E-state index is 0.00877. The van der Waals surface area contributed by atoms with Gasteiger partial charge in [0.15, 0.2) is 0 Å². The van der Waals surface area contributed by atoms with Gasteiger partial charge >= 0.3 is 0 Å². The van der Waals surface area contributed by atoms with Crippen LogP contribution in [0.15, 0.2) is 12.1 Å². The zero-order chi connectivity index (χ0) is 14.0. The maximum absolute atomic E-state index is 5.48. The fourth-order valence-electron chi connectivity index (χ4n) is 3.00. The van der Waals surface area contributed by atoms with Gasteiger partial charge in [0.05, 0.1) is 20.3 Å². The van der Waals surface area contributed by atoms with E-state index >= 15 is 0 Å². The first-order chi connectivity index (χ1) is 8.96. The first kappa shape index (κ1) is 14.4. The second kappa shape index (κ2) is 5.51. The standard InChI is InChI=1S/C16H25NO2/c1-12-10-13(2)15(18-5)11-14(12)16(3,4)17-6-8-19-9-7-17/h10-11H,6-9H2,1-5H3. The fraction of sp³-hybridized carbons (Fsp3) is 0.625. The monoisotopic (exact) mass is 263 g/mol. The first-order valence-electron chi connectivity index (χ1n) is 6.95. The lowest BCUT2D eigenvalue weighted by atomic mass is 9.87. The Balaban J connectivity index is 2.38. The van der Waals surface area contributed by atoms with Crippen molar-refractivity contribution in [3.63, 3.8) is 0 Å². The molecule has 106 valence electrons. The van der Waals surface area contributed by atoms with Crippen LogP contribution in [0, 0.1) is 13.8 Å². The summed E-state index contributed by atoms with van der Waals surface area (Å²) >= 11 is 0. The zero-order valence-electron chi connectivity index (χ0n) is 12.7. The highest BCUT2D eigenvalue weighted by molar-refractivity contribution is 5.44. The van der Waals surface area contributed by atoms with Crippen molar-refractivity contribution >= 4 is 0 Å². The number of aryl methyl sites for hydroxylation is 2. The molecule has 0 spiro atoms. The molecule has 0 amide bonds. The van der Waals surface area contributed by atoms with E-state index in [0.29, 0.717) is 0 Å². The van der Waals surface area contributed by atoms with Crippen LogP contribution < -0.4 is 4.74 Å². The summed E-state index contributed by atoms with van der Waals surface area (Å²) in [4.78, 5) is 2.49. The van der Waals surface area contributed by atoms with Gasteiger partial charge in [0.1, 0.15) is 5.75 Å². The predicted octanol–water partition coefficient (Wildman–Crippen LogP) is 2.88. The summed E-state index contributed by atoms with van der Waals surface area (Å²) in [6, 6.07) is 4.41. The SMILES string of the molecule is COc1cc(C(C)(C)N2CCOCC2)c(C)cc1C. The number of morpholine rings is 1. The van der Waals surface area contributed by atoms with Gasteiger partial charge in [-0.2, -0.15) is 0 Å². The summed E-state index contributed by atoms with van der Waals surface area (Å²) in [6.07, 6.45) is 0. The van der Waals surface area contributed by atoms with Gasteiger partial charge in [0.25, 0.3) is 0 Å². The molecule has 3 nitrogen and oxygen atoms in total. The molecule has 0 aliphatic carbocycles. The van der Waals surface area contributed by atoms with Crippen molar-refractivity contribution in [1.82, 2.24) is 4.90 Å². The molecular weight excluding hydrogens is 238 g/mol. The number of hydrogen-bond acceptors (Lipinski definition) is 3. The molecule has 2 rings (SSSR count). The highest BCUT2D eigenvalue weighted by atomic mass is 16.5. The van der Waals surface area contributed by atoms with Crippen molar-refractivity contribution in [2.45, 2.75) is 33.2 Å². The third-order valence-corrected chi connectivity index (χ3v) is 4.20. The van der Waals surface area contributed by atoms with Crippen molar-refractivity contribution in [1.29, 1.82) is 0 Å². The molecule has 1 saturated heterocycles. The van der Waals surface area contributed by atoms with Gasteiger partial charge < -0.3 is 9.47 Å². The Bertz CT molecular complexity index is 448. The number of ether oxygens (including phenoxy) is 2. The van der Waals surface area contributed by atoms with Crippen LogP contribution in [0.2, 0.25) is 0 Å². The molecule has 1 aromatic carbocycles. The molecule has 1 heterocycles.